The van der Waals surface area contributed by atoms with Crippen LogP contribution in [0.4, 0.5) is 0 Å². The minimum absolute atomic E-state index is 0.102. The summed E-state index contributed by atoms with van der Waals surface area (Å²) in [7, 11) is 1.75. The molecule has 1 rings (SSSR count). The van der Waals surface area contributed by atoms with E-state index in [1.807, 2.05) is 0 Å². The number of Topliss-reactive ketones (excluding diaryl/α,β-unsaturated/α-hetero) is 1. The predicted octanol–water partition coefficient (Wildman–Crippen LogP) is 0.545. The quantitative estimate of drug-likeness (QED) is 0.650. The van der Waals surface area contributed by atoms with E-state index in [0.29, 0.717) is 11.4 Å². The number of hydrogen-bond donors (Lipinski definition) is 1. The van der Waals surface area contributed by atoms with Gasteiger partial charge in [0.1, 0.15) is 0 Å². The van der Waals surface area contributed by atoms with Crippen molar-refractivity contribution in [1.29, 1.82) is 0 Å². The van der Waals surface area contributed by atoms with Crippen LogP contribution in [0.3, 0.4) is 0 Å². The van der Waals surface area contributed by atoms with Gasteiger partial charge in [0.2, 0.25) is 0 Å². The lowest BCUT2D eigenvalue weighted by Gasteiger charge is -1.91. The van der Waals surface area contributed by atoms with Gasteiger partial charge in [-0.05, 0) is 24.6 Å². The van der Waals surface area contributed by atoms with Crippen molar-refractivity contribution in [2.45, 2.75) is 0 Å². The number of carbonyl (C=O) groups is 1. The summed E-state index contributed by atoms with van der Waals surface area (Å²) in [5, 5.41) is 2.79. The van der Waals surface area contributed by atoms with Gasteiger partial charge in [-0.25, -0.2) is 4.37 Å². The average molecular weight is 156 g/mol. The van der Waals surface area contributed by atoms with Gasteiger partial charge in [-0.2, -0.15) is 0 Å². The molecule has 0 aliphatic carbocycles. The number of carbonyl (C=O) groups excluding carboxylic acids is 1. The second-order valence-electron chi connectivity index (χ2n) is 1.83. The molecular formula is C6H8N2OS. The Labute approximate surface area is 63.2 Å². The molecule has 1 N–H and O–H groups in total. The van der Waals surface area contributed by atoms with E-state index in [1.165, 1.54) is 11.5 Å². The van der Waals surface area contributed by atoms with E-state index in [1.54, 1.807) is 19.3 Å². The number of likely N-dealkylation sites (N-methyl/N-ethyl adjacent to an activating group) is 1. The lowest BCUT2D eigenvalue weighted by Crippen LogP contribution is -2.17. The van der Waals surface area contributed by atoms with Crippen LogP contribution in [0.1, 0.15) is 9.67 Å². The number of nitrogens with one attached hydrogen (secondary N) is 1. The topological polar surface area (TPSA) is 42.0 Å². The summed E-state index contributed by atoms with van der Waals surface area (Å²) in [6.07, 6.45) is 1.63. The van der Waals surface area contributed by atoms with Crippen molar-refractivity contribution >= 4 is 17.3 Å². The highest BCUT2D eigenvalue weighted by atomic mass is 32.1. The Balaban J connectivity index is 2.59. The molecule has 0 spiro atoms. The summed E-state index contributed by atoms with van der Waals surface area (Å²) in [4.78, 5) is 11.7. The first kappa shape index (κ1) is 7.37. The molecule has 1 heterocycles. The zero-order chi connectivity index (χ0) is 7.40. The zero-order valence-corrected chi connectivity index (χ0v) is 6.44. The van der Waals surface area contributed by atoms with Gasteiger partial charge in [-0.15, -0.1) is 0 Å². The molecule has 54 valence electrons. The first-order valence-corrected chi connectivity index (χ1v) is 3.70. The molecular weight excluding hydrogens is 148 g/mol. The minimum Gasteiger partial charge on any atom is -0.313 e. The minimum atomic E-state index is 0.102. The Morgan fingerprint density at radius 1 is 1.90 bits per heavy atom. The fourth-order valence-corrected chi connectivity index (χ4v) is 1.14. The molecule has 0 atom stereocenters. The Bertz CT molecular complexity index is 208. The van der Waals surface area contributed by atoms with E-state index in [0.717, 1.165) is 0 Å². The maximum Gasteiger partial charge on any atom is 0.188 e. The van der Waals surface area contributed by atoms with Crippen molar-refractivity contribution < 1.29 is 4.79 Å². The number of ketones is 1. The van der Waals surface area contributed by atoms with Gasteiger partial charge in [-0.3, -0.25) is 4.79 Å². The molecule has 1 aromatic heterocycles. The molecule has 0 bridgehead atoms. The second kappa shape index (κ2) is 3.43. The summed E-state index contributed by atoms with van der Waals surface area (Å²) in [5.41, 5.74) is 0. The molecule has 0 aliphatic rings. The molecule has 1 aromatic rings. The molecule has 0 amide bonds. The molecule has 0 aliphatic heterocycles. The van der Waals surface area contributed by atoms with Gasteiger partial charge in [0, 0.05) is 6.20 Å². The molecule has 3 nitrogen and oxygen atoms in total. The molecule has 10 heavy (non-hydrogen) atoms. The van der Waals surface area contributed by atoms with Crippen LogP contribution < -0.4 is 5.32 Å². The van der Waals surface area contributed by atoms with Crippen LogP contribution in [0.5, 0.6) is 0 Å². The number of rotatable bonds is 3. The maximum atomic E-state index is 11.0. The summed E-state index contributed by atoms with van der Waals surface area (Å²) in [6, 6.07) is 1.73. The molecule has 0 unspecified atom stereocenters. The van der Waals surface area contributed by atoms with E-state index < -0.39 is 0 Å². The van der Waals surface area contributed by atoms with Crippen molar-refractivity contribution in [1.82, 2.24) is 9.69 Å². The van der Waals surface area contributed by atoms with Crippen LogP contribution in [0.2, 0.25) is 0 Å². The van der Waals surface area contributed by atoms with E-state index in [-0.39, 0.29) is 5.78 Å². The third kappa shape index (κ3) is 1.62. The second-order valence-corrected chi connectivity index (χ2v) is 2.66. The first-order valence-electron chi connectivity index (χ1n) is 2.93. The van der Waals surface area contributed by atoms with Crippen LogP contribution in [-0.2, 0) is 0 Å². The molecule has 0 fully saturated rings. The molecule has 0 saturated carbocycles. The lowest BCUT2D eigenvalue weighted by molar-refractivity contribution is 0.0997. The highest BCUT2D eigenvalue weighted by molar-refractivity contribution is 7.08. The standard InChI is InChI=1S/C6H8N2OS/c1-7-4-5(9)6-2-3-8-10-6/h2-3,7H,4H2,1H3. The zero-order valence-electron chi connectivity index (χ0n) is 5.63. The van der Waals surface area contributed by atoms with Crippen LogP contribution in [-0.4, -0.2) is 23.7 Å². The molecule has 4 heteroatoms. The van der Waals surface area contributed by atoms with Gasteiger partial charge in [0.25, 0.3) is 0 Å². The summed E-state index contributed by atoms with van der Waals surface area (Å²) in [6.45, 7) is 0.391. The smallest absolute Gasteiger partial charge is 0.188 e. The van der Waals surface area contributed by atoms with Crippen LogP contribution in [0.25, 0.3) is 0 Å². The average Bonchev–Trinajstić information content (AvgIpc) is 2.38. The van der Waals surface area contributed by atoms with Gasteiger partial charge < -0.3 is 5.32 Å². The lowest BCUT2D eigenvalue weighted by atomic mass is 10.3. The highest BCUT2D eigenvalue weighted by Gasteiger charge is 2.04. The van der Waals surface area contributed by atoms with E-state index in [2.05, 4.69) is 9.69 Å². The van der Waals surface area contributed by atoms with Crippen LogP contribution >= 0.6 is 11.5 Å². The Morgan fingerprint density at radius 3 is 3.20 bits per heavy atom. The van der Waals surface area contributed by atoms with Crippen molar-refractivity contribution in [3.63, 3.8) is 0 Å². The summed E-state index contributed by atoms with van der Waals surface area (Å²) >= 11 is 1.23. The van der Waals surface area contributed by atoms with E-state index >= 15 is 0 Å². The third-order valence-electron chi connectivity index (χ3n) is 1.05. The normalized spacial score (nSPS) is 9.70. The Hall–Kier alpha value is -0.740. The van der Waals surface area contributed by atoms with E-state index in [9.17, 15) is 4.79 Å². The summed E-state index contributed by atoms with van der Waals surface area (Å²) < 4.78 is 3.82. The maximum absolute atomic E-state index is 11.0. The largest absolute Gasteiger partial charge is 0.313 e. The van der Waals surface area contributed by atoms with Crippen LogP contribution in [0.15, 0.2) is 12.3 Å². The highest BCUT2D eigenvalue weighted by Crippen LogP contribution is 2.03. The monoisotopic (exact) mass is 156 g/mol. The van der Waals surface area contributed by atoms with Gasteiger partial charge in [0.15, 0.2) is 5.78 Å². The molecule has 0 aromatic carbocycles. The number of nitrogens with zero attached hydrogens (tertiary/aromatic N) is 1. The fraction of sp³-hybridized carbons (Fsp3) is 0.333. The Kier molecular flexibility index (Phi) is 2.53. The summed E-state index contributed by atoms with van der Waals surface area (Å²) in [5.74, 6) is 0.102. The van der Waals surface area contributed by atoms with Crippen LogP contribution in [0, 0.1) is 0 Å². The van der Waals surface area contributed by atoms with Crippen molar-refractivity contribution in [3.05, 3.63) is 17.1 Å². The van der Waals surface area contributed by atoms with Gasteiger partial charge in [-0.1, -0.05) is 0 Å². The number of aromatic nitrogens is 1. The van der Waals surface area contributed by atoms with Crippen molar-refractivity contribution in [3.8, 4) is 0 Å². The van der Waals surface area contributed by atoms with Crippen molar-refractivity contribution in [2.75, 3.05) is 13.6 Å². The SMILES string of the molecule is CNCC(=O)c1ccns1. The molecule has 0 saturated heterocycles. The number of hydrogen-bond acceptors (Lipinski definition) is 4. The van der Waals surface area contributed by atoms with E-state index in [4.69, 9.17) is 0 Å². The van der Waals surface area contributed by atoms with Gasteiger partial charge in [0.05, 0.1) is 11.4 Å². The third-order valence-corrected chi connectivity index (χ3v) is 1.84. The first-order chi connectivity index (χ1) is 4.84. The van der Waals surface area contributed by atoms with Crippen molar-refractivity contribution in [2.24, 2.45) is 0 Å². The fourth-order valence-electron chi connectivity index (χ4n) is 0.607. The predicted molar refractivity (Wildman–Crippen MR) is 40.4 cm³/mol. The van der Waals surface area contributed by atoms with Gasteiger partial charge >= 0.3 is 0 Å². The molecule has 0 radical (unpaired) electrons. The Morgan fingerprint density at radius 2 is 2.70 bits per heavy atom.